The minimum atomic E-state index is -4.50. The number of aryl methyl sites for hydroxylation is 4. The maximum Gasteiger partial charge on any atom is 0.268 e. The van der Waals surface area contributed by atoms with Gasteiger partial charge in [-0.25, -0.2) is 0 Å². The lowest BCUT2D eigenvalue weighted by Crippen LogP contribution is -2.25. The van der Waals surface area contributed by atoms with Crippen molar-refractivity contribution in [3.8, 4) is 46.0 Å². The highest BCUT2D eigenvalue weighted by molar-refractivity contribution is 7.86. The van der Waals surface area contributed by atoms with Gasteiger partial charge in [0.05, 0.1) is 80.6 Å². The van der Waals surface area contributed by atoms with Gasteiger partial charge in [0.25, 0.3) is 62.4 Å². The van der Waals surface area contributed by atoms with E-state index in [1.165, 1.54) is 31.2 Å². The Morgan fingerprint density at radius 2 is 0.745 bits per heavy atom. The number of Topliss-reactive ketones (excluding diaryl/α,β-unsaturated/α-hetero) is 1. The van der Waals surface area contributed by atoms with E-state index >= 15 is 0 Å². The van der Waals surface area contributed by atoms with Crippen molar-refractivity contribution in [2.75, 3.05) is 108 Å². The van der Waals surface area contributed by atoms with E-state index < -0.39 is 97.8 Å². The van der Waals surface area contributed by atoms with Crippen LogP contribution in [0.15, 0.2) is 48.8 Å². The number of carbonyl (C=O) groups excluding carboxylic acids is 3. The van der Waals surface area contributed by atoms with E-state index in [4.69, 9.17) is 37.9 Å². The summed E-state index contributed by atoms with van der Waals surface area (Å²) in [6, 6.07) is 8.76. The lowest BCUT2D eigenvalue weighted by atomic mass is 10.0. The van der Waals surface area contributed by atoms with E-state index in [0.717, 1.165) is 30.6 Å². The van der Waals surface area contributed by atoms with E-state index in [-0.39, 0.29) is 123 Å². The second-order valence-corrected chi connectivity index (χ2v) is 31.2. The Labute approximate surface area is 594 Å². The van der Waals surface area contributed by atoms with Gasteiger partial charge in [-0.1, -0.05) is 23.8 Å². The van der Waals surface area contributed by atoms with Gasteiger partial charge in [-0.2, -0.15) is 42.1 Å². The average Bonchev–Trinajstić information content (AvgIpc) is 0.991. The molecule has 40 heteroatoms. The molecule has 102 heavy (non-hydrogen) atoms. The van der Waals surface area contributed by atoms with Gasteiger partial charge in [0.2, 0.25) is 11.5 Å². The number of unbranched alkanes of at least 4 members (excludes halogenated alkanes) is 3. The van der Waals surface area contributed by atoms with Crippen LogP contribution in [0.2, 0.25) is 0 Å². The number of amides is 2. The molecule has 0 aliphatic carbocycles. The van der Waals surface area contributed by atoms with Gasteiger partial charge >= 0.3 is 0 Å². The number of hydrogen-bond acceptors (Lipinski definition) is 26. The molecule has 0 bridgehead atoms. The SMILES string of the molecule is CCCCOc1cc(C(=O)NCCCn2cc(CCCCOc3cc(C(C)=O)cc(OCCCCc4cn(CCCNC(=O)c5cc(OCCCS(=O)(=O)O)c(OCCS(=O)(=O)O)c(OCCCS(=O)(=O)O)c5)nn4)c3CCCNC)nn2)cc(OCCCS(=O)(=O)O)c1OCCCS(=O)(=O)O. The molecule has 5 rings (SSSR count). The first-order valence-electron chi connectivity index (χ1n) is 33.1. The van der Waals surface area contributed by atoms with Gasteiger partial charge in [0.1, 0.15) is 23.9 Å². The Balaban J connectivity index is 1.10. The van der Waals surface area contributed by atoms with Crippen LogP contribution in [0.4, 0.5) is 0 Å². The topological polar surface area (TPSA) is 494 Å². The van der Waals surface area contributed by atoms with Gasteiger partial charge in [0, 0.05) is 60.8 Å². The highest BCUT2D eigenvalue weighted by atomic mass is 32.2. The van der Waals surface area contributed by atoms with Crippen molar-refractivity contribution < 1.29 is 117 Å². The Morgan fingerprint density at radius 3 is 1.11 bits per heavy atom. The first kappa shape index (κ1) is 85.1. The van der Waals surface area contributed by atoms with Crippen LogP contribution in [0, 0.1) is 0 Å². The molecule has 35 nitrogen and oxygen atoms in total. The van der Waals surface area contributed by atoms with E-state index in [0.29, 0.717) is 113 Å². The molecule has 3 aromatic carbocycles. The molecule has 2 amide bonds. The van der Waals surface area contributed by atoms with Crippen molar-refractivity contribution in [3.05, 3.63) is 82.4 Å². The summed E-state index contributed by atoms with van der Waals surface area (Å²) < 4.78 is 210. The number of ether oxygens (including phenoxy) is 8. The number of ketones is 1. The smallest absolute Gasteiger partial charge is 0.268 e. The third kappa shape index (κ3) is 34.6. The number of carbonyl (C=O) groups is 3. The molecule has 0 atom stereocenters. The summed E-state index contributed by atoms with van der Waals surface area (Å²) in [5.41, 5.74) is 2.82. The largest absolute Gasteiger partial charge is 0.493 e. The Morgan fingerprint density at radius 1 is 0.402 bits per heavy atom. The third-order valence-electron chi connectivity index (χ3n) is 14.6. The van der Waals surface area contributed by atoms with Crippen LogP contribution < -0.4 is 53.8 Å². The summed E-state index contributed by atoms with van der Waals surface area (Å²) in [5.74, 6) is -4.04. The second kappa shape index (κ2) is 42.9. The van der Waals surface area contributed by atoms with Crippen molar-refractivity contribution in [1.82, 2.24) is 45.9 Å². The summed E-state index contributed by atoms with van der Waals surface area (Å²) in [7, 11) is -19.9. The molecular formula is C62H93N9O26S5. The Bertz CT molecular complexity index is 4020. The van der Waals surface area contributed by atoms with Crippen LogP contribution in [-0.2, 0) is 82.9 Å². The highest BCUT2D eigenvalue weighted by Gasteiger charge is 2.24. The van der Waals surface area contributed by atoms with Crippen molar-refractivity contribution >= 4 is 68.2 Å². The monoisotopic (exact) mass is 1540 g/mol. The van der Waals surface area contributed by atoms with Crippen molar-refractivity contribution in [2.45, 2.75) is 130 Å². The number of hydrogen-bond donors (Lipinski definition) is 8. The van der Waals surface area contributed by atoms with E-state index in [9.17, 15) is 79.2 Å². The summed E-state index contributed by atoms with van der Waals surface area (Å²) in [6.45, 7) is 4.55. The molecule has 8 N–H and O–H groups in total. The first-order chi connectivity index (χ1) is 48.3. The number of rotatable bonds is 55. The molecular weight excluding hydrogens is 1450 g/mol. The van der Waals surface area contributed by atoms with Crippen LogP contribution in [-0.4, -0.2) is 221 Å². The molecule has 0 aliphatic heterocycles. The zero-order valence-electron chi connectivity index (χ0n) is 57.2. The molecule has 0 saturated heterocycles. The predicted octanol–water partition coefficient (Wildman–Crippen LogP) is 4.74. The zero-order valence-corrected chi connectivity index (χ0v) is 61.3. The fourth-order valence-corrected chi connectivity index (χ4v) is 11.8. The summed E-state index contributed by atoms with van der Waals surface area (Å²) in [6.07, 6.45) is 10.5. The molecule has 572 valence electrons. The van der Waals surface area contributed by atoms with Crippen molar-refractivity contribution in [3.63, 3.8) is 0 Å². The fourth-order valence-electron chi connectivity index (χ4n) is 9.55. The second-order valence-electron chi connectivity index (χ2n) is 23.4. The number of nitrogens with one attached hydrogen (secondary N) is 3. The van der Waals surface area contributed by atoms with Crippen LogP contribution in [0.5, 0.6) is 46.0 Å². The van der Waals surface area contributed by atoms with Gasteiger partial charge in [0.15, 0.2) is 28.8 Å². The van der Waals surface area contributed by atoms with Gasteiger partial charge in [-0.3, -0.25) is 46.5 Å². The van der Waals surface area contributed by atoms with Crippen LogP contribution in [0.3, 0.4) is 0 Å². The molecule has 0 unspecified atom stereocenters. The van der Waals surface area contributed by atoms with E-state index in [1.807, 2.05) is 20.2 Å². The third-order valence-corrected chi connectivity index (χ3v) is 18.5. The Hall–Kier alpha value is -7.54. The molecule has 0 fully saturated rings. The van der Waals surface area contributed by atoms with Gasteiger partial charge < -0.3 is 53.8 Å². The van der Waals surface area contributed by atoms with E-state index in [2.05, 4.69) is 36.6 Å². The van der Waals surface area contributed by atoms with Crippen molar-refractivity contribution in [1.29, 1.82) is 0 Å². The summed E-state index contributed by atoms with van der Waals surface area (Å²) in [5, 5.41) is 25.9. The number of nitrogens with zero attached hydrogens (tertiary/aromatic N) is 6. The normalized spacial score (nSPS) is 12.0. The van der Waals surface area contributed by atoms with Crippen LogP contribution in [0.25, 0.3) is 0 Å². The summed E-state index contributed by atoms with van der Waals surface area (Å²) in [4.78, 5) is 39.8. The zero-order chi connectivity index (χ0) is 74.8. The van der Waals surface area contributed by atoms with Crippen molar-refractivity contribution in [2.24, 2.45) is 0 Å². The lowest BCUT2D eigenvalue weighted by Gasteiger charge is -2.18. The molecule has 0 saturated carbocycles. The molecule has 2 aromatic heterocycles. The Kier molecular flexibility index (Phi) is 35.8. The first-order valence-corrected chi connectivity index (χ1v) is 41.1. The maximum atomic E-state index is 13.5. The molecule has 0 radical (unpaired) electrons. The quantitative estimate of drug-likeness (QED) is 0.0148. The fraction of sp³-hybridized carbons (Fsp3) is 0.597. The highest BCUT2D eigenvalue weighted by Crippen LogP contribution is 2.41. The molecule has 2 heterocycles. The standard InChI is InChI=1S/C62H93N9O26S5/c1-4-5-25-92-55-40-48(41-56(93-28-13-33-98(75,76)77)59(55)96-31-16-36-101(84,85)86)61(73)64-21-11-23-70-44-50(66-68-70)17-6-8-26-90-53-38-47(46(2)72)39-54(52(53)19-10-20-63-3)91-27-9-7-18-51-45-71(69-67-51)24-12-22-65-62(74)49-42-57(94-29-14-34-99(78,79)80)60(97-32-37-102(87,88)89)58(43-49)95-30-15-35-100(81,82)83/h38-45,63H,4-37H2,1-3H3,(H,64,73)(H,65,74)(H,75,76,77)(H,78,79,80)(H,81,82,83)(H,84,85,86)(H,87,88,89). The molecule has 5 aromatic rings. The summed E-state index contributed by atoms with van der Waals surface area (Å²) >= 11 is 0. The number of aromatic nitrogens is 6. The minimum absolute atomic E-state index is 0.0189. The van der Waals surface area contributed by atoms with Crippen LogP contribution >= 0.6 is 0 Å². The molecule has 0 spiro atoms. The predicted molar refractivity (Wildman–Crippen MR) is 371 cm³/mol. The van der Waals surface area contributed by atoms with Gasteiger partial charge in [-0.05, 0) is 153 Å². The average molecular weight is 1540 g/mol. The lowest BCUT2D eigenvalue weighted by molar-refractivity contribution is 0.0943. The number of benzene rings is 3. The minimum Gasteiger partial charge on any atom is -0.493 e. The maximum absolute atomic E-state index is 13.5. The molecule has 0 aliphatic rings. The van der Waals surface area contributed by atoms with Crippen LogP contribution in [0.1, 0.15) is 145 Å². The van der Waals surface area contributed by atoms with E-state index in [1.54, 1.807) is 27.7 Å². The van der Waals surface area contributed by atoms with Gasteiger partial charge in [-0.15, -0.1) is 10.2 Å².